The molecule has 0 bridgehead atoms. The number of amides is 1. The molecule has 118 valence electrons. The number of aromatic nitrogens is 2. The van der Waals surface area contributed by atoms with Crippen LogP contribution in [-0.4, -0.2) is 22.0 Å². The molecule has 23 heavy (non-hydrogen) atoms. The van der Waals surface area contributed by atoms with Crippen LogP contribution in [0.5, 0.6) is 0 Å². The van der Waals surface area contributed by atoms with Gasteiger partial charge in [0.05, 0.1) is 11.0 Å². The first-order valence-electron chi connectivity index (χ1n) is 7.96. The van der Waals surface area contributed by atoms with Crippen LogP contribution >= 0.6 is 0 Å². The van der Waals surface area contributed by atoms with Gasteiger partial charge in [0.2, 0.25) is 5.91 Å². The van der Waals surface area contributed by atoms with Crippen LogP contribution in [0.15, 0.2) is 54.6 Å². The third kappa shape index (κ3) is 3.77. The Kier molecular flexibility index (Phi) is 4.71. The van der Waals surface area contributed by atoms with E-state index in [1.165, 1.54) is 5.56 Å². The highest BCUT2D eigenvalue weighted by atomic mass is 16.1. The average molecular weight is 307 g/mol. The summed E-state index contributed by atoms with van der Waals surface area (Å²) in [6.07, 6.45) is 1.92. The number of carbonyl (C=O) groups excluding carboxylic acids is 1. The predicted octanol–water partition coefficient (Wildman–Crippen LogP) is 3.09. The minimum atomic E-state index is 0.0318. The Morgan fingerprint density at radius 2 is 1.83 bits per heavy atom. The summed E-state index contributed by atoms with van der Waals surface area (Å²) >= 11 is 0. The lowest BCUT2D eigenvalue weighted by molar-refractivity contribution is -0.121. The summed E-state index contributed by atoms with van der Waals surface area (Å²) in [5, 5.41) is 3.00. The molecule has 4 heteroatoms. The van der Waals surface area contributed by atoms with Crippen molar-refractivity contribution in [1.29, 1.82) is 0 Å². The highest BCUT2D eigenvalue weighted by molar-refractivity contribution is 5.81. The number of imidazole rings is 1. The average Bonchev–Trinajstić information content (AvgIpc) is 2.88. The summed E-state index contributed by atoms with van der Waals surface area (Å²) in [5.74, 6) is 0.898. The van der Waals surface area contributed by atoms with E-state index >= 15 is 0 Å². The molecular formula is C19H21N3O. The van der Waals surface area contributed by atoms with Crippen molar-refractivity contribution in [3.05, 3.63) is 66.0 Å². The first kappa shape index (κ1) is 15.3. The number of aryl methyl sites for hydroxylation is 2. The van der Waals surface area contributed by atoms with Crippen LogP contribution in [-0.2, 0) is 17.8 Å². The molecule has 1 N–H and O–H groups in total. The smallest absolute Gasteiger partial charge is 0.240 e. The lowest BCUT2D eigenvalue weighted by Crippen LogP contribution is -2.29. The van der Waals surface area contributed by atoms with E-state index in [2.05, 4.69) is 22.4 Å². The van der Waals surface area contributed by atoms with Crippen molar-refractivity contribution in [2.24, 2.45) is 0 Å². The monoisotopic (exact) mass is 307 g/mol. The molecule has 0 unspecified atom stereocenters. The molecule has 0 radical (unpaired) electrons. The number of fused-ring (bicyclic) bond motifs is 1. The molecule has 3 aromatic rings. The van der Waals surface area contributed by atoms with Crippen molar-refractivity contribution in [2.75, 3.05) is 6.54 Å². The van der Waals surface area contributed by atoms with Crippen LogP contribution in [0.3, 0.4) is 0 Å². The molecule has 0 atom stereocenters. The zero-order valence-corrected chi connectivity index (χ0v) is 13.3. The summed E-state index contributed by atoms with van der Waals surface area (Å²) in [6, 6.07) is 18.2. The van der Waals surface area contributed by atoms with Gasteiger partial charge in [-0.05, 0) is 37.5 Å². The van der Waals surface area contributed by atoms with E-state index < -0.39 is 0 Å². The van der Waals surface area contributed by atoms with Crippen molar-refractivity contribution in [2.45, 2.75) is 26.3 Å². The van der Waals surface area contributed by atoms with Crippen molar-refractivity contribution < 1.29 is 4.79 Å². The fourth-order valence-corrected chi connectivity index (χ4v) is 2.76. The van der Waals surface area contributed by atoms with Gasteiger partial charge >= 0.3 is 0 Å². The quantitative estimate of drug-likeness (QED) is 0.711. The van der Waals surface area contributed by atoms with Gasteiger partial charge in [0.15, 0.2) is 0 Å². The lowest BCUT2D eigenvalue weighted by atomic mass is 10.1. The second-order valence-corrected chi connectivity index (χ2v) is 5.67. The van der Waals surface area contributed by atoms with E-state index in [0.29, 0.717) is 13.1 Å². The van der Waals surface area contributed by atoms with Crippen LogP contribution in [0.4, 0.5) is 0 Å². The van der Waals surface area contributed by atoms with Crippen LogP contribution in [0, 0.1) is 6.92 Å². The molecule has 0 aliphatic rings. The van der Waals surface area contributed by atoms with Gasteiger partial charge in [0.1, 0.15) is 12.4 Å². The number of para-hydroxylation sites is 2. The zero-order valence-electron chi connectivity index (χ0n) is 13.3. The van der Waals surface area contributed by atoms with Crippen molar-refractivity contribution in [3.8, 4) is 0 Å². The van der Waals surface area contributed by atoms with Gasteiger partial charge in [0, 0.05) is 6.54 Å². The van der Waals surface area contributed by atoms with Crippen LogP contribution in [0.25, 0.3) is 11.0 Å². The molecule has 2 aromatic carbocycles. The molecule has 1 amide bonds. The van der Waals surface area contributed by atoms with Gasteiger partial charge in [-0.2, -0.15) is 0 Å². The number of nitrogens with zero attached hydrogens (tertiary/aromatic N) is 2. The second kappa shape index (κ2) is 7.09. The normalized spacial score (nSPS) is 10.8. The number of carbonyl (C=O) groups is 1. The maximum atomic E-state index is 12.2. The minimum absolute atomic E-state index is 0.0318. The Hall–Kier alpha value is -2.62. The SMILES string of the molecule is Cc1nc2ccccc2n1CC(=O)NCCCc1ccccc1. The summed E-state index contributed by atoms with van der Waals surface area (Å²) in [5.41, 5.74) is 3.24. The molecular weight excluding hydrogens is 286 g/mol. The molecule has 0 fully saturated rings. The Bertz CT molecular complexity index is 793. The maximum absolute atomic E-state index is 12.2. The van der Waals surface area contributed by atoms with Crippen molar-refractivity contribution in [3.63, 3.8) is 0 Å². The zero-order chi connectivity index (χ0) is 16.1. The maximum Gasteiger partial charge on any atom is 0.240 e. The largest absolute Gasteiger partial charge is 0.355 e. The third-order valence-electron chi connectivity index (χ3n) is 3.95. The van der Waals surface area contributed by atoms with Crippen LogP contribution in [0.2, 0.25) is 0 Å². The van der Waals surface area contributed by atoms with E-state index in [-0.39, 0.29) is 5.91 Å². The van der Waals surface area contributed by atoms with E-state index in [4.69, 9.17) is 0 Å². The van der Waals surface area contributed by atoms with E-state index in [9.17, 15) is 4.79 Å². The lowest BCUT2D eigenvalue weighted by Gasteiger charge is -2.08. The molecule has 4 nitrogen and oxygen atoms in total. The fraction of sp³-hybridized carbons (Fsp3) is 0.263. The summed E-state index contributed by atoms with van der Waals surface area (Å²) < 4.78 is 1.96. The predicted molar refractivity (Wildman–Crippen MR) is 92.2 cm³/mol. The standard InChI is InChI=1S/C19H21N3O/c1-15-21-17-11-5-6-12-18(17)22(15)14-19(23)20-13-7-10-16-8-3-2-4-9-16/h2-6,8-9,11-12H,7,10,13-14H2,1H3,(H,20,23). The Morgan fingerprint density at radius 3 is 2.65 bits per heavy atom. The summed E-state index contributed by atoms with van der Waals surface area (Å²) in [4.78, 5) is 16.6. The summed E-state index contributed by atoms with van der Waals surface area (Å²) in [7, 11) is 0. The molecule has 0 saturated heterocycles. The number of benzene rings is 2. The first-order chi connectivity index (χ1) is 11.2. The first-order valence-corrected chi connectivity index (χ1v) is 7.96. The number of hydrogen-bond donors (Lipinski definition) is 1. The molecule has 0 saturated carbocycles. The van der Waals surface area contributed by atoms with Gasteiger partial charge in [-0.15, -0.1) is 0 Å². The molecule has 3 rings (SSSR count). The molecule has 0 spiro atoms. The Balaban J connectivity index is 1.52. The molecule has 1 heterocycles. The Morgan fingerprint density at radius 1 is 1.09 bits per heavy atom. The highest BCUT2D eigenvalue weighted by Gasteiger charge is 2.10. The fourth-order valence-electron chi connectivity index (χ4n) is 2.76. The van der Waals surface area contributed by atoms with E-state index in [0.717, 1.165) is 29.7 Å². The third-order valence-corrected chi connectivity index (χ3v) is 3.95. The minimum Gasteiger partial charge on any atom is -0.355 e. The molecule has 0 aliphatic carbocycles. The summed E-state index contributed by atoms with van der Waals surface area (Å²) in [6.45, 7) is 2.94. The van der Waals surface area contributed by atoms with Crippen molar-refractivity contribution in [1.82, 2.24) is 14.9 Å². The highest BCUT2D eigenvalue weighted by Crippen LogP contribution is 2.14. The number of nitrogens with one attached hydrogen (secondary N) is 1. The van der Waals surface area contributed by atoms with Crippen LogP contribution in [0.1, 0.15) is 17.8 Å². The second-order valence-electron chi connectivity index (χ2n) is 5.67. The topological polar surface area (TPSA) is 46.9 Å². The van der Waals surface area contributed by atoms with E-state index in [1.54, 1.807) is 0 Å². The molecule has 0 aliphatic heterocycles. The van der Waals surface area contributed by atoms with Gasteiger partial charge in [0.25, 0.3) is 0 Å². The van der Waals surface area contributed by atoms with E-state index in [1.807, 2.05) is 54.0 Å². The number of hydrogen-bond acceptors (Lipinski definition) is 2. The molecule has 1 aromatic heterocycles. The van der Waals surface area contributed by atoms with Crippen LogP contribution < -0.4 is 5.32 Å². The van der Waals surface area contributed by atoms with Gasteiger partial charge < -0.3 is 9.88 Å². The van der Waals surface area contributed by atoms with Gasteiger partial charge in [-0.25, -0.2) is 4.98 Å². The Labute approximate surface area is 136 Å². The van der Waals surface area contributed by atoms with Crippen molar-refractivity contribution >= 4 is 16.9 Å². The number of rotatable bonds is 6. The van der Waals surface area contributed by atoms with Gasteiger partial charge in [-0.1, -0.05) is 42.5 Å². The van der Waals surface area contributed by atoms with Gasteiger partial charge in [-0.3, -0.25) is 4.79 Å².